The van der Waals surface area contributed by atoms with E-state index in [-0.39, 0.29) is 29.1 Å². The van der Waals surface area contributed by atoms with Crippen LogP contribution in [0.1, 0.15) is 30.8 Å². The number of nitrogens with one attached hydrogen (secondary N) is 2. The summed E-state index contributed by atoms with van der Waals surface area (Å²) in [6.45, 7) is 4.81. The average Bonchev–Trinajstić information content (AvgIpc) is 3.27. The molecule has 0 fully saturated rings. The number of hydrogen-bond donors (Lipinski definition) is 4. The third-order valence-electron chi connectivity index (χ3n) is 5.67. The first-order chi connectivity index (χ1) is 16.9. The molecule has 2 heterocycles. The van der Waals surface area contributed by atoms with E-state index in [1.54, 1.807) is 18.2 Å². The van der Waals surface area contributed by atoms with Crippen LogP contribution in [-0.4, -0.2) is 31.6 Å². The molecule has 7 nitrogen and oxygen atoms in total. The van der Waals surface area contributed by atoms with Gasteiger partial charge in [0.2, 0.25) is 5.95 Å². The van der Waals surface area contributed by atoms with E-state index in [9.17, 15) is 18.3 Å². The number of nitrogen functional groups attached to an aromatic ring is 1. The zero-order chi connectivity index (χ0) is 26.1. The number of aromatic amines is 1. The molecule has 37 heavy (non-hydrogen) atoms. The monoisotopic (exact) mass is 552 g/mol. The number of H-pyrrole nitrogens is 1. The standard InChI is InChI=1S/C25H24ClF3N6O.ClH/c1-24(2,13-31-12-14-3-6-16(7-4-14)25(27,28)29)22-34-20(15-5-8-17(26)19(36)11-15)21(35-22)18-9-10-32-23(30)33-18;/h3-11,31,36H,12-13H2,1-2H3,(H,34,35)(H2,30,32,33);1H. The average molecular weight is 553 g/mol. The van der Waals surface area contributed by atoms with Crippen LogP contribution in [0.3, 0.4) is 0 Å². The van der Waals surface area contributed by atoms with Crippen LogP contribution in [0.25, 0.3) is 22.6 Å². The Labute approximate surface area is 222 Å². The minimum absolute atomic E-state index is 0. The molecule has 0 aliphatic rings. The number of halogens is 5. The molecular formula is C25H25Cl2F3N6O. The summed E-state index contributed by atoms with van der Waals surface area (Å²) in [6.07, 6.45) is -2.82. The highest BCUT2D eigenvalue weighted by Gasteiger charge is 2.30. The lowest BCUT2D eigenvalue weighted by Crippen LogP contribution is -2.33. The van der Waals surface area contributed by atoms with Gasteiger partial charge in [-0.15, -0.1) is 12.4 Å². The van der Waals surface area contributed by atoms with Crippen molar-refractivity contribution in [3.05, 3.63) is 76.7 Å². The van der Waals surface area contributed by atoms with Gasteiger partial charge in [-0.25, -0.2) is 15.0 Å². The van der Waals surface area contributed by atoms with Crippen LogP contribution in [0, 0.1) is 0 Å². The van der Waals surface area contributed by atoms with Gasteiger partial charge < -0.3 is 21.1 Å². The number of aromatic hydroxyl groups is 1. The van der Waals surface area contributed by atoms with Crippen LogP contribution in [0.5, 0.6) is 5.75 Å². The molecule has 196 valence electrons. The van der Waals surface area contributed by atoms with E-state index in [0.29, 0.717) is 41.6 Å². The van der Waals surface area contributed by atoms with Crippen LogP contribution in [0.4, 0.5) is 19.1 Å². The third kappa shape index (κ3) is 6.51. The molecule has 2 aromatic carbocycles. The van der Waals surface area contributed by atoms with Crippen LogP contribution in [-0.2, 0) is 18.1 Å². The molecule has 5 N–H and O–H groups in total. The highest BCUT2D eigenvalue weighted by molar-refractivity contribution is 6.32. The minimum Gasteiger partial charge on any atom is -0.506 e. The second kappa shape index (κ2) is 11.0. The topological polar surface area (TPSA) is 113 Å². The van der Waals surface area contributed by atoms with E-state index in [2.05, 4.69) is 20.3 Å². The Morgan fingerprint density at radius 2 is 1.76 bits per heavy atom. The third-order valence-corrected chi connectivity index (χ3v) is 5.99. The number of hydrogen-bond acceptors (Lipinski definition) is 6. The Morgan fingerprint density at radius 1 is 1.05 bits per heavy atom. The van der Waals surface area contributed by atoms with E-state index in [1.165, 1.54) is 24.4 Å². The number of anilines is 1. The highest BCUT2D eigenvalue weighted by atomic mass is 35.5. The van der Waals surface area contributed by atoms with E-state index in [0.717, 1.165) is 17.7 Å². The molecule has 2 aromatic heterocycles. The van der Waals surface area contributed by atoms with Crippen molar-refractivity contribution in [2.24, 2.45) is 0 Å². The number of imidazole rings is 1. The minimum atomic E-state index is -4.36. The zero-order valence-corrected chi connectivity index (χ0v) is 21.5. The Balaban J connectivity index is 0.00000380. The van der Waals surface area contributed by atoms with Gasteiger partial charge in [0.1, 0.15) is 11.6 Å². The van der Waals surface area contributed by atoms with Crippen LogP contribution in [0.15, 0.2) is 54.7 Å². The van der Waals surface area contributed by atoms with Crippen LogP contribution < -0.4 is 11.1 Å². The van der Waals surface area contributed by atoms with Crippen LogP contribution >= 0.6 is 24.0 Å². The first-order valence-electron chi connectivity index (χ1n) is 11.0. The van der Waals surface area contributed by atoms with E-state index >= 15 is 0 Å². The number of nitrogens with two attached hydrogens (primary N) is 1. The fourth-order valence-electron chi connectivity index (χ4n) is 3.68. The lowest BCUT2D eigenvalue weighted by atomic mass is 9.92. The van der Waals surface area contributed by atoms with Gasteiger partial charge in [0.15, 0.2) is 0 Å². The molecule has 0 amide bonds. The van der Waals surface area contributed by atoms with Crippen molar-refractivity contribution in [1.29, 1.82) is 0 Å². The Kier molecular flexibility index (Phi) is 8.36. The van der Waals surface area contributed by atoms with Crippen molar-refractivity contribution in [3.63, 3.8) is 0 Å². The van der Waals surface area contributed by atoms with Crippen molar-refractivity contribution in [3.8, 4) is 28.4 Å². The van der Waals surface area contributed by atoms with E-state index in [1.807, 2.05) is 13.8 Å². The smallest absolute Gasteiger partial charge is 0.416 e. The fraction of sp³-hybridized carbons (Fsp3) is 0.240. The van der Waals surface area contributed by atoms with Crippen molar-refractivity contribution >= 4 is 30.0 Å². The summed E-state index contributed by atoms with van der Waals surface area (Å²) in [4.78, 5) is 16.4. The number of phenols is 1. The molecule has 0 aliphatic heterocycles. The van der Waals surface area contributed by atoms with Gasteiger partial charge in [-0.05, 0) is 35.9 Å². The van der Waals surface area contributed by atoms with Gasteiger partial charge in [-0.1, -0.05) is 43.6 Å². The Bertz CT molecular complexity index is 1370. The second-order valence-electron chi connectivity index (χ2n) is 8.96. The number of alkyl halides is 3. The zero-order valence-electron chi connectivity index (χ0n) is 19.9. The number of phenolic OH excluding ortho intramolecular Hbond substituents is 1. The summed E-state index contributed by atoms with van der Waals surface area (Å²) in [5, 5.41) is 13.6. The van der Waals surface area contributed by atoms with Crippen molar-refractivity contribution < 1.29 is 18.3 Å². The quantitative estimate of drug-likeness (QED) is 0.224. The molecule has 0 radical (unpaired) electrons. The SMILES string of the molecule is CC(C)(CNCc1ccc(C(F)(F)F)cc1)c1nc(-c2ccc(Cl)c(O)c2)c(-c2ccnc(N)n2)[nH]1.Cl. The maximum atomic E-state index is 12.8. The molecule has 0 atom stereocenters. The normalized spacial score (nSPS) is 11.8. The molecule has 0 bridgehead atoms. The highest BCUT2D eigenvalue weighted by Crippen LogP contribution is 2.36. The van der Waals surface area contributed by atoms with Crippen LogP contribution in [0.2, 0.25) is 5.02 Å². The molecule has 0 unspecified atom stereocenters. The summed E-state index contributed by atoms with van der Waals surface area (Å²) in [5.74, 6) is 0.661. The summed E-state index contributed by atoms with van der Waals surface area (Å²) < 4.78 is 38.4. The van der Waals surface area contributed by atoms with Gasteiger partial charge in [-0.3, -0.25) is 0 Å². The van der Waals surface area contributed by atoms with Crippen molar-refractivity contribution in [1.82, 2.24) is 25.3 Å². The molecule has 0 aliphatic carbocycles. The van der Waals surface area contributed by atoms with Gasteiger partial charge in [0.25, 0.3) is 0 Å². The second-order valence-corrected chi connectivity index (χ2v) is 9.36. The fourth-order valence-corrected chi connectivity index (χ4v) is 3.79. The molecule has 12 heteroatoms. The van der Waals surface area contributed by atoms with E-state index in [4.69, 9.17) is 22.3 Å². The molecular weight excluding hydrogens is 528 g/mol. The molecule has 0 saturated carbocycles. The molecule has 0 spiro atoms. The number of nitrogens with zero attached hydrogens (tertiary/aromatic N) is 3. The number of benzene rings is 2. The van der Waals surface area contributed by atoms with Gasteiger partial charge in [-0.2, -0.15) is 13.2 Å². The van der Waals surface area contributed by atoms with Gasteiger partial charge >= 0.3 is 6.18 Å². The Morgan fingerprint density at radius 3 is 2.38 bits per heavy atom. The molecule has 0 saturated heterocycles. The van der Waals surface area contributed by atoms with Gasteiger partial charge in [0.05, 0.1) is 27.7 Å². The summed E-state index contributed by atoms with van der Waals surface area (Å²) in [6, 6.07) is 11.6. The largest absolute Gasteiger partial charge is 0.506 e. The van der Waals surface area contributed by atoms with Crippen molar-refractivity contribution in [2.75, 3.05) is 12.3 Å². The Hall–Kier alpha value is -3.34. The first-order valence-corrected chi connectivity index (χ1v) is 11.4. The maximum absolute atomic E-state index is 12.8. The maximum Gasteiger partial charge on any atom is 0.416 e. The lowest BCUT2D eigenvalue weighted by molar-refractivity contribution is -0.137. The number of rotatable bonds is 7. The van der Waals surface area contributed by atoms with E-state index < -0.39 is 17.2 Å². The van der Waals surface area contributed by atoms with Gasteiger partial charge in [0, 0.05) is 30.3 Å². The summed E-state index contributed by atoms with van der Waals surface area (Å²) in [5.41, 5.74) is 7.62. The number of aromatic nitrogens is 4. The van der Waals surface area contributed by atoms with Crippen molar-refractivity contribution in [2.45, 2.75) is 32.0 Å². The molecule has 4 aromatic rings. The lowest BCUT2D eigenvalue weighted by Gasteiger charge is -2.23. The molecule has 4 rings (SSSR count). The predicted octanol–water partition coefficient (Wildman–Crippen LogP) is 5.98. The predicted molar refractivity (Wildman–Crippen MR) is 140 cm³/mol. The summed E-state index contributed by atoms with van der Waals surface area (Å²) >= 11 is 5.98. The summed E-state index contributed by atoms with van der Waals surface area (Å²) in [7, 11) is 0. The first kappa shape index (κ1) is 28.2.